The number of carbonyl (C=O) groups excluding carboxylic acids is 1. The van der Waals surface area contributed by atoms with Gasteiger partial charge >= 0.3 is 0 Å². The third-order valence-corrected chi connectivity index (χ3v) is 3.85. The highest BCUT2D eigenvalue weighted by atomic mass is 35.5. The molecule has 1 N–H and O–H groups in total. The number of carbonyl (C=O) groups is 1. The highest BCUT2D eigenvalue weighted by molar-refractivity contribution is 6.30. The van der Waals surface area contributed by atoms with E-state index in [4.69, 9.17) is 16.3 Å². The van der Waals surface area contributed by atoms with Gasteiger partial charge < -0.3 is 15.0 Å². The standard InChI is InChI=1S/C19H22ClFN2O2/c1-23(2)19(24)12-22-11-18(21)15-6-4-8-17(10-15)25-13-14-5-3-7-16(20)9-14/h3-10,18,22H,11-13H2,1-2H3. The van der Waals surface area contributed by atoms with Crippen LogP contribution in [0.3, 0.4) is 0 Å². The van der Waals surface area contributed by atoms with E-state index in [1.807, 2.05) is 18.2 Å². The van der Waals surface area contributed by atoms with E-state index in [2.05, 4.69) is 5.32 Å². The van der Waals surface area contributed by atoms with E-state index in [0.29, 0.717) is 22.9 Å². The average Bonchev–Trinajstić information content (AvgIpc) is 2.60. The Morgan fingerprint density at radius 3 is 2.72 bits per heavy atom. The molecule has 0 aromatic heterocycles. The highest BCUT2D eigenvalue weighted by Gasteiger charge is 2.12. The molecule has 4 nitrogen and oxygen atoms in total. The Kier molecular flexibility index (Phi) is 7.22. The topological polar surface area (TPSA) is 41.6 Å². The number of rotatable bonds is 8. The molecule has 0 bridgehead atoms. The molecule has 1 atom stereocenters. The quantitative estimate of drug-likeness (QED) is 0.778. The van der Waals surface area contributed by atoms with Crippen LogP contribution in [-0.2, 0) is 11.4 Å². The zero-order valence-electron chi connectivity index (χ0n) is 14.3. The minimum absolute atomic E-state index is 0.0668. The molecule has 0 aliphatic carbocycles. The van der Waals surface area contributed by atoms with Gasteiger partial charge in [-0.1, -0.05) is 35.9 Å². The molecule has 1 amide bonds. The van der Waals surface area contributed by atoms with Crippen LogP contribution in [0.15, 0.2) is 48.5 Å². The van der Waals surface area contributed by atoms with Crippen LogP contribution < -0.4 is 10.1 Å². The summed E-state index contributed by atoms with van der Waals surface area (Å²) in [6.07, 6.45) is -1.22. The van der Waals surface area contributed by atoms with E-state index in [1.165, 1.54) is 4.90 Å². The van der Waals surface area contributed by atoms with Gasteiger partial charge in [-0.25, -0.2) is 4.39 Å². The lowest BCUT2D eigenvalue weighted by Gasteiger charge is -2.14. The molecule has 134 valence electrons. The molecule has 0 saturated carbocycles. The monoisotopic (exact) mass is 364 g/mol. The summed E-state index contributed by atoms with van der Waals surface area (Å²) in [7, 11) is 3.33. The summed E-state index contributed by atoms with van der Waals surface area (Å²) < 4.78 is 20.0. The summed E-state index contributed by atoms with van der Waals surface area (Å²) in [6, 6.07) is 14.3. The van der Waals surface area contributed by atoms with Gasteiger partial charge in [0.25, 0.3) is 0 Å². The van der Waals surface area contributed by atoms with Gasteiger partial charge in [0.15, 0.2) is 0 Å². The van der Waals surface area contributed by atoms with E-state index in [1.54, 1.807) is 44.4 Å². The van der Waals surface area contributed by atoms with Crippen LogP contribution in [0.5, 0.6) is 5.75 Å². The lowest BCUT2D eigenvalue weighted by molar-refractivity contribution is -0.127. The fourth-order valence-corrected chi connectivity index (χ4v) is 2.39. The van der Waals surface area contributed by atoms with Crippen molar-refractivity contribution in [1.29, 1.82) is 0 Å². The Bertz CT molecular complexity index is 709. The largest absolute Gasteiger partial charge is 0.489 e. The summed E-state index contributed by atoms with van der Waals surface area (Å²) in [5, 5.41) is 3.48. The number of ether oxygens (including phenoxy) is 1. The number of nitrogens with zero attached hydrogens (tertiary/aromatic N) is 1. The molecule has 2 rings (SSSR count). The average molecular weight is 365 g/mol. The van der Waals surface area contributed by atoms with E-state index < -0.39 is 6.17 Å². The zero-order valence-corrected chi connectivity index (χ0v) is 15.1. The Hall–Kier alpha value is -2.11. The molecule has 0 spiro atoms. The lowest BCUT2D eigenvalue weighted by atomic mass is 10.1. The summed E-state index contributed by atoms with van der Waals surface area (Å²) in [5.41, 5.74) is 1.45. The maximum absolute atomic E-state index is 14.3. The smallest absolute Gasteiger partial charge is 0.236 e. The number of halogens is 2. The van der Waals surface area contributed by atoms with Crippen LogP contribution in [0, 0.1) is 0 Å². The van der Waals surface area contributed by atoms with Crippen molar-refractivity contribution in [2.45, 2.75) is 12.8 Å². The van der Waals surface area contributed by atoms with Gasteiger partial charge in [0.2, 0.25) is 5.91 Å². The predicted molar refractivity (Wildman–Crippen MR) is 97.6 cm³/mol. The second-order valence-corrected chi connectivity index (χ2v) is 6.31. The molecule has 2 aromatic rings. The minimum atomic E-state index is -1.22. The number of likely N-dealkylation sites (N-methyl/N-ethyl adjacent to an activating group) is 1. The van der Waals surface area contributed by atoms with E-state index in [-0.39, 0.29) is 19.0 Å². The first kappa shape index (κ1) is 19.2. The number of benzene rings is 2. The first-order chi connectivity index (χ1) is 12.0. The fourth-order valence-electron chi connectivity index (χ4n) is 2.17. The lowest BCUT2D eigenvalue weighted by Crippen LogP contribution is -2.34. The normalized spacial score (nSPS) is 11.8. The van der Waals surface area contributed by atoms with Gasteiger partial charge in [-0.15, -0.1) is 0 Å². The summed E-state index contributed by atoms with van der Waals surface area (Å²) in [6.45, 7) is 0.534. The van der Waals surface area contributed by atoms with Crippen LogP contribution in [0.1, 0.15) is 17.3 Å². The Balaban J connectivity index is 1.88. The molecule has 0 saturated heterocycles. The molecule has 0 heterocycles. The molecule has 0 aliphatic heterocycles. The van der Waals surface area contributed by atoms with Gasteiger partial charge in [-0.3, -0.25) is 4.79 Å². The Labute approximate surface area is 152 Å². The van der Waals surface area contributed by atoms with Gasteiger partial charge in [0.05, 0.1) is 6.54 Å². The van der Waals surface area contributed by atoms with Crippen molar-refractivity contribution < 1.29 is 13.9 Å². The highest BCUT2D eigenvalue weighted by Crippen LogP contribution is 2.22. The number of amides is 1. The molecule has 0 fully saturated rings. The first-order valence-electron chi connectivity index (χ1n) is 7.98. The van der Waals surface area contributed by atoms with Crippen molar-refractivity contribution in [1.82, 2.24) is 10.2 Å². The van der Waals surface area contributed by atoms with E-state index in [0.717, 1.165) is 5.56 Å². The molecule has 1 unspecified atom stereocenters. The van der Waals surface area contributed by atoms with Crippen LogP contribution in [0.4, 0.5) is 4.39 Å². The molecule has 2 aromatic carbocycles. The first-order valence-corrected chi connectivity index (χ1v) is 8.35. The van der Waals surface area contributed by atoms with E-state index >= 15 is 0 Å². The van der Waals surface area contributed by atoms with Crippen molar-refractivity contribution in [3.63, 3.8) is 0 Å². The van der Waals surface area contributed by atoms with Crippen molar-refractivity contribution in [3.8, 4) is 5.75 Å². The van der Waals surface area contributed by atoms with Gasteiger partial charge in [-0.05, 0) is 35.4 Å². The number of hydrogen-bond acceptors (Lipinski definition) is 3. The van der Waals surface area contributed by atoms with Crippen LogP contribution >= 0.6 is 11.6 Å². The SMILES string of the molecule is CN(C)C(=O)CNCC(F)c1cccc(OCc2cccc(Cl)c2)c1. The van der Waals surface area contributed by atoms with Crippen molar-refractivity contribution in [2.75, 3.05) is 27.2 Å². The maximum atomic E-state index is 14.3. The summed E-state index contributed by atoms with van der Waals surface area (Å²) in [4.78, 5) is 12.9. The maximum Gasteiger partial charge on any atom is 0.236 e. The number of alkyl halides is 1. The van der Waals surface area contributed by atoms with Gasteiger partial charge in [0, 0.05) is 25.7 Å². The Morgan fingerprint density at radius 2 is 2.00 bits per heavy atom. The predicted octanol–water partition coefficient (Wildman–Crippen LogP) is 3.61. The van der Waals surface area contributed by atoms with Gasteiger partial charge in [-0.2, -0.15) is 0 Å². The molecule has 0 aliphatic rings. The van der Waals surface area contributed by atoms with Crippen molar-refractivity contribution in [3.05, 3.63) is 64.7 Å². The summed E-state index contributed by atoms with van der Waals surface area (Å²) >= 11 is 5.94. The fraction of sp³-hybridized carbons (Fsp3) is 0.316. The van der Waals surface area contributed by atoms with Crippen LogP contribution in [0.2, 0.25) is 5.02 Å². The van der Waals surface area contributed by atoms with E-state index in [9.17, 15) is 9.18 Å². The minimum Gasteiger partial charge on any atom is -0.489 e. The molecule has 0 radical (unpaired) electrons. The van der Waals surface area contributed by atoms with Crippen molar-refractivity contribution >= 4 is 17.5 Å². The van der Waals surface area contributed by atoms with Crippen LogP contribution in [0.25, 0.3) is 0 Å². The zero-order chi connectivity index (χ0) is 18.2. The molecular weight excluding hydrogens is 343 g/mol. The third-order valence-electron chi connectivity index (χ3n) is 3.61. The number of nitrogens with one attached hydrogen (secondary N) is 1. The van der Waals surface area contributed by atoms with Crippen molar-refractivity contribution in [2.24, 2.45) is 0 Å². The molecule has 6 heteroatoms. The second-order valence-electron chi connectivity index (χ2n) is 5.88. The number of hydrogen-bond donors (Lipinski definition) is 1. The molecular formula is C19H22ClFN2O2. The van der Waals surface area contributed by atoms with Gasteiger partial charge in [0.1, 0.15) is 18.5 Å². The Morgan fingerprint density at radius 1 is 1.24 bits per heavy atom. The second kappa shape index (κ2) is 9.39. The summed E-state index contributed by atoms with van der Waals surface area (Å²) in [5.74, 6) is 0.496. The molecule has 25 heavy (non-hydrogen) atoms. The third kappa shape index (κ3) is 6.36. The van der Waals surface area contributed by atoms with Crippen LogP contribution in [-0.4, -0.2) is 38.0 Å².